The van der Waals surface area contributed by atoms with Gasteiger partial charge < -0.3 is 20.5 Å². The van der Waals surface area contributed by atoms with Gasteiger partial charge >= 0.3 is 0 Å². The summed E-state index contributed by atoms with van der Waals surface area (Å²) in [4.78, 5) is 12.8. The van der Waals surface area contributed by atoms with Gasteiger partial charge in [0.15, 0.2) is 11.5 Å². The molecule has 0 saturated heterocycles. The lowest BCUT2D eigenvalue weighted by Crippen LogP contribution is -2.50. The Morgan fingerprint density at radius 1 is 1.15 bits per heavy atom. The fourth-order valence-electron chi connectivity index (χ4n) is 5.02. The van der Waals surface area contributed by atoms with E-state index in [0.717, 1.165) is 29.9 Å². The third-order valence-corrected chi connectivity index (χ3v) is 6.81. The first-order chi connectivity index (χ1) is 12.9. The van der Waals surface area contributed by atoms with Crippen molar-refractivity contribution in [2.45, 2.75) is 57.4 Å². The van der Waals surface area contributed by atoms with Crippen molar-refractivity contribution in [1.29, 1.82) is 0 Å². The molecule has 1 aromatic rings. The third-order valence-electron chi connectivity index (χ3n) is 6.81. The monoisotopic (exact) mass is 372 g/mol. The molecule has 3 aliphatic rings. The van der Waals surface area contributed by atoms with E-state index in [9.17, 15) is 4.79 Å². The lowest BCUT2D eigenvalue weighted by molar-refractivity contribution is -0.128. The van der Waals surface area contributed by atoms with E-state index in [1.807, 2.05) is 12.1 Å². The average Bonchev–Trinajstić information content (AvgIpc) is 2.65. The number of carbonyl (C=O) groups is 1. The Hall–Kier alpha value is -1.75. The van der Waals surface area contributed by atoms with E-state index in [2.05, 4.69) is 25.2 Å². The molecule has 2 aliphatic carbocycles. The fourth-order valence-corrected chi connectivity index (χ4v) is 5.02. The van der Waals surface area contributed by atoms with Crippen LogP contribution in [0.5, 0.6) is 11.5 Å². The number of amides is 1. The van der Waals surface area contributed by atoms with Gasteiger partial charge in [-0.1, -0.05) is 26.3 Å². The summed E-state index contributed by atoms with van der Waals surface area (Å²) < 4.78 is 11.3. The molecule has 2 bridgehead atoms. The summed E-state index contributed by atoms with van der Waals surface area (Å²) in [7, 11) is 0. The van der Waals surface area contributed by atoms with Crippen LogP contribution in [0.2, 0.25) is 0 Å². The maximum Gasteiger partial charge on any atom is 0.223 e. The second-order valence-corrected chi connectivity index (χ2v) is 9.16. The van der Waals surface area contributed by atoms with Gasteiger partial charge in [0.25, 0.3) is 0 Å². The standard InChI is InChI=1S/C22H32N2O3/c1-22(2,17-6-7-18-19(12-17)27-9-8-26-18)13-24-21(25)16-10-14-4-3-5-15(11-16)20(14)23/h6-7,12,14-16,20H,3-5,8-11,13,23H2,1-2H3,(H,24,25). The predicted molar refractivity (Wildman–Crippen MR) is 105 cm³/mol. The zero-order valence-corrected chi connectivity index (χ0v) is 16.5. The molecule has 0 spiro atoms. The van der Waals surface area contributed by atoms with Gasteiger partial charge in [-0.15, -0.1) is 0 Å². The van der Waals surface area contributed by atoms with E-state index in [-0.39, 0.29) is 17.2 Å². The molecule has 5 heteroatoms. The van der Waals surface area contributed by atoms with Crippen molar-refractivity contribution < 1.29 is 14.3 Å². The Morgan fingerprint density at radius 3 is 2.52 bits per heavy atom. The molecule has 27 heavy (non-hydrogen) atoms. The van der Waals surface area contributed by atoms with Crippen molar-refractivity contribution in [1.82, 2.24) is 5.32 Å². The maximum atomic E-state index is 12.8. The van der Waals surface area contributed by atoms with Crippen molar-refractivity contribution in [3.63, 3.8) is 0 Å². The number of nitrogens with two attached hydrogens (primary N) is 1. The molecule has 0 aromatic heterocycles. The van der Waals surface area contributed by atoms with Crippen LogP contribution in [0.25, 0.3) is 0 Å². The summed E-state index contributed by atoms with van der Waals surface area (Å²) in [6.45, 7) is 6.11. The van der Waals surface area contributed by atoms with Crippen LogP contribution >= 0.6 is 0 Å². The summed E-state index contributed by atoms with van der Waals surface area (Å²) in [5.74, 6) is 2.97. The number of benzene rings is 1. The minimum Gasteiger partial charge on any atom is -0.486 e. The highest BCUT2D eigenvalue weighted by atomic mass is 16.6. The van der Waals surface area contributed by atoms with Gasteiger partial charge in [-0.05, 0) is 55.2 Å². The van der Waals surface area contributed by atoms with Crippen LogP contribution in [-0.4, -0.2) is 31.7 Å². The summed E-state index contributed by atoms with van der Waals surface area (Å²) in [5, 5.41) is 3.22. The van der Waals surface area contributed by atoms with Crippen LogP contribution in [0.1, 0.15) is 51.5 Å². The van der Waals surface area contributed by atoms with Crippen molar-refractivity contribution >= 4 is 5.91 Å². The Bertz CT molecular complexity index is 689. The van der Waals surface area contributed by atoms with Gasteiger partial charge in [-0.2, -0.15) is 0 Å². The van der Waals surface area contributed by atoms with E-state index < -0.39 is 0 Å². The molecule has 148 valence electrons. The molecule has 5 nitrogen and oxygen atoms in total. The molecule has 1 heterocycles. The van der Waals surface area contributed by atoms with Crippen molar-refractivity contribution in [2.75, 3.05) is 19.8 Å². The summed E-state index contributed by atoms with van der Waals surface area (Å²) >= 11 is 0. The van der Waals surface area contributed by atoms with Crippen LogP contribution in [0.15, 0.2) is 18.2 Å². The molecular weight excluding hydrogens is 340 g/mol. The minimum absolute atomic E-state index is 0.121. The molecule has 2 fully saturated rings. The summed E-state index contributed by atoms with van der Waals surface area (Å²) in [6.07, 6.45) is 5.55. The van der Waals surface area contributed by atoms with E-state index in [1.165, 1.54) is 19.3 Å². The molecule has 1 aliphatic heterocycles. The first-order valence-corrected chi connectivity index (χ1v) is 10.4. The fraction of sp³-hybridized carbons (Fsp3) is 0.682. The van der Waals surface area contributed by atoms with E-state index >= 15 is 0 Å². The zero-order chi connectivity index (χ0) is 19.0. The Balaban J connectivity index is 1.38. The van der Waals surface area contributed by atoms with Gasteiger partial charge in [-0.3, -0.25) is 4.79 Å². The van der Waals surface area contributed by atoms with Gasteiger partial charge in [0, 0.05) is 23.9 Å². The second kappa shape index (κ2) is 7.34. The Morgan fingerprint density at radius 2 is 1.81 bits per heavy atom. The van der Waals surface area contributed by atoms with Crippen LogP contribution in [0.3, 0.4) is 0 Å². The lowest BCUT2D eigenvalue weighted by atomic mass is 9.65. The highest BCUT2D eigenvalue weighted by Gasteiger charge is 2.40. The molecule has 1 aromatic carbocycles. The number of hydrogen-bond donors (Lipinski definition) is 2. The van der Waals surface area contributed by atoms with E-state index in [1.54, 1.807) is 0 Å². The van der Waals surface area contributed by atoms with Crippen molar-refractivity contribution in [2.24, 2.45) is 23.5 Å². The molecular formula is C22H32N2O3. The topological polar surface area (TPSA) is 73.6 Å². The second-order valence-electron chi connectivity index (χ2n) is 9.16. The normalized spacial score (nSPS) is 29.9. The zero-order valence-electron chi connectivity index (χ0n) is 16.5. The van der Waals surface area contributed by atoms with Gasteiger partial charge in [0.2, 0.25) is 5.91 Å². The van der Waals surface area contributed by atoms with Crippen LogP contribution in [0, 0.1) is 17.8 Å². The smallest absolute Gasteiger partial charge is 0.223 e. The molecule has 1 amide bonds. The molecule has 2 saturated carbocycles. The quantitative estimate of drug-likeness (QED) is 0.852. The first kappa shape index (κ1) is 18.6. The Kier molecular flexibility index (Phi) is 5.06. The highest BCUT2D eigenvalue weighted by molar-refractivity contribution is 5.79. The van der Waals surface area contributed by atoms with Crippen molar-refractivity contribution in [3.8, 4) is 11.5 Å². The summed E-state index contributed by atoms with van der Waals surface area (Å²) in [6, 6.07) is 6.39. The summed E-state index contributed by atoms with van der Waals surface area (Å²) in [5.41, 5.74) is 7.34. The Labute approximate surface area is 162 Å². The molecule has 2 atom stereocenters. The van der Waals surface area contributed by atoms with E-state index in [4.69, 9.17) is 15.2 Å². The number of ether oxygens (including phenoxy) is 2. The van der Waals surface area contributed by atoms with Gasteiger partial charge in [0.05, 0.1) is 0 Å². The molecule has 0 radical (unpaired) electrons. The minimum atomic E-state index is -0.174. The van der Waals surface area contributed by atoms with Crippen molar-refractivity contribution in [3.05, 3.63) is 23.8 Å². The molecule has 4 rings (SSSR count). The highest BCUT2D eigenvalue weighted by Crippen LogP contribution is 2.42. The largest absolute Gasteiger partial charge is 0.486 e. The van der Waals surface area contributed by atoms with Crippen LogP contribution in [-0.2, 0) is 10.2 Å². The number of fused-ring (bicyclic) bond motifs is 3. The number of nitrogens with one attached hydrogen (secondary N) is 1. The number of carbonyl (C=O) groups excluding carboxylic acids is 1. The molecule has 2 unspecified atom stereocenters. The number of rotatable bonds is 4. The maximum absolute atomic E-state index is 12.8. The number of hydrogen-bond acceptors (Lipinski definition) is 4. The predicted octanol–water partition coefficient (Wildman–Crippen LogP) is 3.01. The third kappa shape index (κ3) is 3.79. The average molecular weight is 373 g/mol. The van der Waals surface area contributed by atoms with E-state index in [0.29, 0.717) is 37.6 Å². The molecule has 3 N–H and O–H groups in total. The van der Waals surface area contributed by atoms with Crippen LogP contribution < -0.4 is 20.5 Å². The van der Waals surface area contributed by atoms with Gasteiger partial charge in [0.1, 0.15) is 13.2 Å². The SMILES string of the molecule is CC(C)(CNC(=O)C1CC2CCCC(C1)C2N)c1ccc2c(c1)OCCO2. The lowest BCUT2D eigenvalue weighted by Gasteiger charge is -2.43. The van der Waals surface area contributed by atoms with Gasteiger partial charge in [-0.25, -0.2) is 0 Å². The first-order valence-electron chi connectivity index (χ1n) is 10.4. The van der Waals surface area contributed by atoms with Crippen LogP contribution in [0.4, 0.5) is 0 Å².